The molecule has 6 aromatic rings. The van der Waals surface area contributed by atoms with Crippen molar-refractivity contribution >= 4 is 34.6 Å². The molecule has 6 rings (SSSR count). The summed E-state index contributed by atoms with van der Waals surface area (Å²) in [6.07, 6.45) is 0. The number of rotatable bonds is 6. The van der Waals surface area contributed by atoms with Gasteiger partial charge in [0, 0.05) is 17.8 Å². The quantitative estimate of drug-likeness (QED) is 0.224. The van der Waals surface area contributed by atoms with Gasteiger partial charge in [-0.15, -0.1) is 0 Å². The van der Waals surface area contributed by atoms with E-state index in [4.69, 9.17) is 4.98 Å². The average Bonchev–Trinajstić information content (AvgIpc) is 3.23. The molecule has 0 bridgehead atoms. The maximum Gasteiger partial charge on any atom is 0.142 e. The molecule has 37 heavy (non-hydrogen) atoms. The Hall–Kier alpha value is -4.00. The number of aryl methyl sites for hydroxylation is 1. The van der Waals surface area contributed by atoms with Crippen LogP contribution in [0.15, 0.2) is 127 Å². The number of hydrogen-bond donors (Lipinski definition) is 0. The van der Waals surface area contributed by atoms with Gasteiger partial charge in [-0.05, 0) is 54.0 Å². The number of hydrogen-bond acceptors (Lipinski definition) is 1. The second-order valence-corrected chi connectivity index (χ2v) is 11.6. The van der Waals surface area contributed by atoms with Gasteiger partial charge in [0.15, 0.2) is 0 Å². The van der Waals surface area contributed by atoms with E-state index in [9.17, 15) is 0 Å². The molecule has 0 amide bonds. The van der Waals surface area contributed by atoms with Crippen LogP contribution in [0.3, 0.4) is 0 Å². The fourth-order valence-electron chi connectivity index (χ4n) is 5.07. The number of fused-ring (bicyclic) bond motifs is 1. The van der Waals surface area contributed by atoms with Crippen LogP contribution in [0.5, 0.6) is 0 Å². The van der Waals surface area contributed by atoms with Crippen molar-refractivity contribution in [2.45, 2.75) is 20.4 Å². The third-order valence-electron chi connectivity index (χ3n) is 7.04. The SMILES string of the molecule is Cc1nc(-c2c(P(c3ccccc3)c3ccccc3)ccc3ccccc23)n(Cc2ccccc2)c1C. The summed E-state index contributed by atoms with van der Waals surface area (Å²) in [6.45, 7) is 5.11. The van der Waals surface area contributed by atoms with Gasteiger partial charge in [0.05, 0.1) is 5.69 Å². The first kappa shape index (κ1) is 23.4. The van der Waals surface area contributed by atoms with Crippen LogP contribution in [0.25, 0.3) is 22.2 Å². The normalized spacial score (nSPS) is 11.3. The van der Waals surface area contributed by atoms with Gasteiger partial charge >= 0.3 is 0 Å². The molecule has 0 unspecified atom stereocenters. The predicted octanol–water partition coefficient (Wildman–Crippen LogP) is 7.13. The molecule has 0 fully saturated rings. The maximum atomic E-state index is 5.23. The largest absolute Gasteiger partial charge is 0.324 e. The van der Waals surface area contributed by atoms with Gasteiger partial charge in [-0.1, -0.05) is 127 Å². The minimum absolute atomic E-state index is 0.789. The molecule has 0 radical (unpaired) electrons. The van der Waals surface area contributed by atoms with Crippen molar-refractivity contribution in [2.75, 3.05) is 0 Å². The number of benzene rings is 5. The molecule has 180 valence electrons. The molecule has 0 atom stereocenters. The number of nitrogens with zero attached hydrogens (tertiary/aromatic N) is 2. The van der Waals surface area contributed by atoms with Crippen molar-refractivity contribution in [1.82, 2.24) is 9.55 Å². The first-order valence-corrected chi connectivity index (χ1v) is 14.0. The van der Waals surface area contributed by atoms with E-state index in [2.05, 4.69) is 146 Å². The maximum absolute atomic E-state index is 5.23. The minimum Gasteiger partial charge on any atom is -0.324 e. The fourth-order valence-corrected chi connectivity index (χ4v) is 7.53. The van der Waals surface area contributed by atoms with E-state index in [0.29, 0.717) is 0 Å². The summed E-state index contributed by atoms with van der Waals surface area (Å²) < 4.78 is 2.40. The van der Waals surface area contributed by atoms with E-state index in [1.54, 1.807) is 0 Å². The van der Waals surface area contributed by atoms with Gasteiger partial charge in [0.2, 0.25) is 0 Å². The lowest BCUT2D eigenvalue weighted by Crippen LogP contribution is -2.23. The average molecular weight is 497 g/mol. The highest BCUT2D eigenvalue weighted by Crippen LogP contribution is 2.40. The molecule has 0 aliphatic rings. The van der Waals surface area contributed by atoms with Crippen LogP contribution in [0.2, 0.25) is 0 Å². The van der Waals surface area contributed by atoms with Crippen molar-refractivity contribution in [3.8, 4) is 11.4 Å². The topological polar surface area (TPSA) is 17.8 Å². The third kappa shape index (κ3) is 4.50. The molecule has 5 aromatic carbocycles. The lowest BCUT2D eigenvalue weighted by molar-refractivity contribution is 0.778. The molecule has 0 saturated heterocycles. The Morgan fingerprint density at radius 1 is 0.622 bits per heavy atom. The lowest BCUT2D eigenvalue weighted by Gasteiger charge is -2.24. The lowest BCUT2D eigenvalue weighted by atomic mass is 10.0. The van der Waals surface area contributed by atoms with Crippen LogP contribution in [-0.4, -0.2) is 9.55 Å². The molecule has 0 aliphatic carbocycles. The Balaban J connectivity index is 1.66. The molecule has 0 saturated carbocycles. The molecular weight excluding hydrogens is 467 g/mol. The fraction of sp³-hybridized carbons (Fsp3) is 0.0882. The summed E-state index contributed by atoms with van der Waals surface area (Å²) in [4.78, 5) is 5.23. The van der Waals surface area contributed by atoms with Crippen molar-refractivity contribution in [1.29, 1.82) is 0 Å². The number of aromatic nitrogens is 2. The number of imidazole rings is 1. The van der Waals surface area contributed by atoms with Crippen molar-refractivity contribution in [3.63, 3.8) is 0 Å². The first-order valence-electron chi connectivity index (χ1n) is 12.7. The zero-order valence-electron chi connectivity index (χ0n) is 21.2. The van der Waals surface area contributed by atoms with Crippen LogP contribution in [0.4, 0.5) is 0 Å². The van der Waals surface area contributed by atoms with E-state index in [1.165, 1.54) is 43.5 Å². The summed E-state index contributed by atoms with van der Waals surface area (Å²) in [5.74, 6) is 1.05. The minimum atomic E-state index is -0.789. The summed E-state index contributed by atoms with van der Waals surface area (Å²) in [5.41, 5.74) is 4.80. The van der Waals surface area contributed by atoms with Crippen LogP contribution in [0, 0.1) is 13.8 Å². The second-order valence-electron chi connectivity index (χ2n) is 9.37. The highest BCUT2D eigenvalue weighted by molar-refractivity contribution is 7.80. The van der Waals surface area contributed by atoms with Crippen LogP contribution >= 0.6 is 7.92 Å². The van der Waals surface area contributed by atoms with Crippen LogP contribution in [0.1, 0.15) is 17.0 Å². The van der Waals surface area contributed by atoms with Gasteiger partial charge < -0.3 is 4.57 Å². The third-order valence-corrected chi connectivity index (χ3v) is 9.53. The van der Waals surface area contributed by atoms with E-state index in [1.807, 2.05) is 0 Å². The monoisotopic (exact) mass is 496 g/mol. The van der Waals surface area contributed by atoms with Gasteiger partial charge in [-0.25, -0.2) is 4.98 Å². The zero-order chi connectivity index (χ0) is 25.2. The Bertz CT molecular complexity index is 1620. The Labute approximate surface area is 220 Å². The van der Waals surface area contributed by atoms with Gasteiger partial charge in [-0.3, -0.25) is 0 Å². The Morgan fingerprint density at radius 2 is 1.19 bits per heavy atom. The molecule has 1 heterocycles. The zero-order valence-corrected chi connectivity index (χ0v) is 22.1. The predicted molar refractivity (Wildman–Crippen MR) is 159 cm³/mol. The standard InChI is InChI=1S/C34H29N2P/c1-25-26(2)36(24-27-14-6-3-7-15-27)34(35-25)33-31-21-13-12-16-28(31)22-23-32(33)37(29-17-8-4-9-18-29)30-19-10-5-11-20-30/h3-23H,24H2,1-2H3. The molecule has 0 spiro atoms. The first-order chi connectivity index (χ1) is 18.2. The molecule has 1 aromatic heterocycles. The van der Waals surface area contributed by atoms with E-state index in [-0.39, 0.29) is 0 Å². The summed E-state index contributed by atoms with van der Waals surface area (Å²) in [7, 11) is -0.789. The van der Waals surface area contributed by atoms with E-state index >= 15 is 0 Å². The van der Waals surface area contributed by atoms with Crippen molar-refractivity contribution < 1.29 is 0 Å². The van der Waals surface area contributed by atoms with Crippen LogP contribution in [-0.2, 0) is 6.54 Å². The second kappa shape index (κ2) is 10.2. The van der Waals surface area contributed by atoms with Crippen molar-refractivity contribution in [2.24, 2.45) is 0 Å². The highest BCUT2D eigenvalue weighted by atomic mass is 31.1. The van der Waals surface area contributed by atoms with Gasteiger partial charge in [-0.2, -0.15) is 0 Å². The van der Waals surface area contributed by atoms with E-state index in [0.717, 1.165) is 18.1 Å². The Kier molecular flexibility index (Phi) is 6.43. The molecular formula is C34H29N2P. The van der Waals surface area contributed by atoms with Crippen LogP contribution < -0.4 is 15.9 Å². The highest BCUT2D eigenvalue weighted by Gasteiger charge is 2.25. The van der Waals surface area contributed by atoms with Gasteiger partial charge in [0.1, 0.15) is 5.82 Å². The summed E-state index contributed by atoms with van der Waals surface area (Å²) in [6, 6.07) is 45.9. The molecule has 0 N–H and O–H groups in total. The van der Waals surface area contributed by atoms with Gasteiger partial charge in [0.25, 0.3) is 0 Å². The molecule has 2 nitrogen and oxygen atoms in total. The molecule has 0 aliphatic heterocycles. The van der Waals surface area contributed by atoms with Crippen molar-refractivity contribution in [3.05, 3.63) is 144 Å². The Morgan fingerprint density at radius 3 is 1.84 bits per heavy atom. The molecule has 3 heteroatoms. The summed E-state index contributed by atoms with van der Waals surface area (Å²) >= 11 is 0. The van der Waals surface area contributed by atoms with E-state index < -0.39 is 7.92 Å². The summed E-state index contributed by atoms with van der Waals surface area (Å²) in [5, 5.41) is 6.51. The smallest absolute Gasteiger partial charge is 0.142 e.